The van der Waals surface area contributed by atoms with Crippen LogP contribution in [0.3, 0.4) is 0 Å². The van der Waals surface area contributed by atoms with Gasteiger partial charge >= 0.3 is 0 Å². The third-order valence-electron chi connectivity index (χ3n) is 4.69. The zero-order valence-corrected chi connectivity index (χ0v) is 18.6. The molecular formula is C24H20ClN3O5. The van der Waals surface area contributed by atoms with E-state index in [-0.39, 0.29) is 18.4 Å². The summed E-state index contributed by atoms with van der Waals surface area (Å²) in [5.74, 6) is 1.84. The number of methoxy groups -OCH3 is 2. The minimum absolute atomic E-state index is 0.210. The van der Waals surface area contributed by atoms with E-state index in [1.165, 1.54) is 0 Å². The predicted octanol–water partition coefficient (Wildman–Crippen LogP) is 5.09. The van der Waals surface area contributed by atoms with Crippen LogP contribution in [0, 0.1) is 0 Å². The molecule has 0 saturated heterocycles. The van der Waals surface area contributed by atoms with E-state index in [9.17, 15) is 4.79 Å². The summed E-state index contributed by atoms with van der Waals surface area (Å²) in [6.45, 7) is -0.210. The minimum Gasteiger partial charge on any atom is -0.493 e. The van der Waals surface area contributed by atoms with Gasteiger partial charge in [0.1, 0.15) is 5.75 Å². The number of benzene rings is 3. The van der Waals surface area contributed by atoms with Gasteiger partial charge in [0.05, 0.1) is 30.5 Å². The van der Waals surface area contributed by atoms with Crippen molar-refractivity contribution in [2.75, 3.05) is 26.1 Å². The van der Waals surface area contributed by atoms with Crippen LogP contribution in [0.25, 0.3) is 22.8 Å². The van der Waals surface area contributed by atoms with E-state index in [0.717, 1.165) is 0 Å². The van der Waals surface area contributed by atoms with Gasteiger partial charge in [-0.25, -0.2) is 0 Å². The summed E-state index contributed by atoms with van der Waals surface area (Å²) in [5.41, 5.74) is 1.77. The number of anilines is 1. The first-order valence-electron chi connectivity index (χ1n) is 9.91. The van der Waals surface area contributed by atoms with E-state index in [1.54, 1.807) is 74.9 Å². The molecule has 0 aliphatic rings. The Hall–Kier alpha value is -4.04. The van der Waals surface area contributed by atoms with Crippen LogP contribution in [0.2, 0.25) is 5.02 Å². The average Bonchev–Trinajstić information content (AvgIpc) is 3.33. The lowest BCUT2D eigenvalue weighted by Gasteiger charge is -2.10. The first kappa shape index (κ1) is 22.2. The summed E-state index contributed by atoms with van der Waals surface area (Å²) in [4.78, 5) is 16.9. The summed E-state index contributed by atoms with van der Waals surface area (Å²) in [6, 6.07) is 19.4. The van der Waals surface area contributed by atoms with Crippen LogP contribution in [0.1, 0.15) is 0 Å². The number of nitrogens with zero attached hydrogens (tertiary/aromatic N) is 2. The Kier molecular flexibility index (Phi) is 6.75. The van der Waals surface area contributed by atoms with E-state index in [0.29, 0.717) is 44.9 Å². The lowest BCUT2D eigenvalue weighted by atomic mass is 10.1. The number of para-hydroxylation sites is 2. The summed E-state index contributed by atoms with van der Waals surface area (Å²) < 4.78 is 21.6. The van der Waals surface area contributed by atoms with Gasteiger partial charge in [-0.3, -0.25) is 4.79 Å². The molecule has 4 aromatic rings. The molecule has 168 valence electrons. The lowest BCUT2D eigenvalue weighted by molar-refractivity contribution is -0.118. The number of aromatic nitrogens is 2. The highest BCUT2D eigenvalue weighted by Gasteiger charge is 2.17. The fraction of sp³-hybridized carbons (Fsp3) is 0.125. The summed E-state index contributed by atoms with van der Waals surface area (Å²) in [5, 5.41) is 7.30. The van der Waals surface area contributed by atoms with E-state index in [4.69, 9.17) is 30.3 Å². The van der Waals surface area contributed by atoms with Gasteiger partial charge in [0, 0.05) is 5.56 Å². The van der Waals surface area contributed by atoms with Crippen LogP contribution in [0.4, 0.5) is 5.69 Å². The summed E-state index contributed by atoms with van der Waals surface area (Å²) in [6.07, 6.45) is 0. The number of amides is 1. The molecule has 3 aromatic carbocycles. The predicted molar refractivity (Wildman–Crippen MR) is 124 cm³/mol. The van der Waals surface area contributed by atoms with Crippen molar-refractivity contribution in [2.45, 2.75) is 0 Å². The number of nitrogens with one attached hydrogen (secondary N) is 1. The highest BCUT2D eigenvalue weighted by molar-refractivity contribution is 6.32. The highest BCUT2D eigenvalue weighted by Crippen LogP contribution is 2.33. The number of carbonyl (C=O) groups excluding carboxylic acids is 1. The van der Waals surface area contributed by atoms with Crippen molar-refractivity contribution in [3.05, 3.63) is 71.8 Å². The van der Waals surface area contributed by atoms with Crippen molar-refractivity contribution in [2.24, 2.45) is 0 Å². The molecule has 0 saturated carbocycles. The van der Waals surface area contributed by atoms with Crippen molar-refractivity contribution in [1.82, 2.24) is 10.1 Å². The lowest BCUT2D eigenvalue weighted by Crippen LogP contribution is -2.20. The van der Waals surface area contributed by atoms with Crippen molar-refractivity contribution in [3.63, 3.8) is 0 Å². The number of ether oxygens (including phenoxy) is 3. The van der Waals surface area contributed by atoms with Gasteiger partial charge in [0.2, 0.25) is 5.82 Å². The second-order valence-corrected chi connectivity index (χ2v) is 7.21. The molecule has 0 unspecified atom stereocenters. The molecule has 0 aliphatic heterocycles. The normalized spacial score (nSPS) is 10.5. The molecule has 4 rings (SSSR count). The number of hydrogen-bond acceptors (Lipinski definition) is 7. The van der Waals surface area contributed by atoms with Gasteiger partial charge in [-0.15, -0.1) is 0 Å². The molecule has 1 N–H and O–H groups in total. The summed E-state index contributed by atoms with van der Waals surface area (Å²) in [7, 11) is 3.12. The van der Waals surface area contributed by atoms with E-state index in [2.05, 4.69) is 15.5 Å². The Balaban J connectivity index is 1.52. The van der Waals surface area contributed by atoms with Gasteiger partial charge in [0.15, 0.2) is 18.1 Å². The monoisotopic (exact) mass is 465 g/mol. The van der Waals surface area contributed by atoms with Crippen LogP contribution in [-0.4, -0.2) is 36.9 Å². The Morgan fingerprint density at radius 2 is 1.73 bits per heavy atom. The molecule has 8 nitrogen and oxygen atoms in total. The zero-order chi connectivity index (χ0) is 23.2. The second kappa shape index (κ2) is 10.1. The molecule has 33 heavy (non-hydrogen) atoms. The molecule has 0 fully saturated rings. The Morgan fingerprint density at radius 1 is 0.970 bits per heavy atom. The molecule has 1 amide bonds. The Bertz CT molecular complexity index is 1270. The van der Waals surface area contributed by atoms with Crippen molar-refractivity contribution in [1.29, 1.82) is 0 Å². The number of halogens is 1. The fourth-order valence-electron chi connectivity index (χ4n) is 3.10. The molecule has 1 heterocycles. The van der Waals surface area contributed by atoms with Crippen LogP contribution in [0.15, 0.2) is 71.3 Å². The molecule has 0 bridgehead atoms. The van der Waals surface area contributed by atoms with Crippen LogP contribution in [-0.2, 0) is 4.79 Å². The minimum atomic E-state index is -0.359. The number of rotatable bonds is 8. The quantitative estimate of drug-likeness (QED) is 0.387. The van der Waals surface area contributed by atoms with Gasteiger partial charge in [0.25, 0.3) is 11.8 Å². The van der Waals surface area contributed by atoms with Crippen molar-refractivity contribution >= 4 is 23.2 Å². The number of hydrogen-bond donors (Lipinski definition) is 1. The van der Waals surface area contributed by atoms with Gasteiger partial charge in [-0.2, -0.15) is 4.98 Å². The highest BCUT2D eigenvalue weighted by atomic mass is 35.5. The van der Waals surface area contributed by atoms with Crippen molar-refractivity contribution in [3.8, 4) is 40.1 Å². The largest absolute Gasteiger partial charge is 0.493 e. The second-order valence-electron chi connectivity index (χ2n) is 6.81. The van der Waals surface area contributed by atoms with Crippen LogP contribution in [0.5, 0.6) is 17.2 Å². The Morgan fingerprint density at radius 3 is 2.52 bits per heavy atom. The molecule has 0 radical (unpaired) electrons. The SMILES string of the molecule is COc1ccc(-c2noc(-c3ccccc3NC(=O)COc3ccccc3Cl)n2)cc1OC. The zero-order valence-electron chi connectivity index (χ0n) is 17.9. The summed E-state index contributed by atoms with van der Waals surface area (Å²) >= 11 is 6.06. The smallest absolute Gasteiger partial charge is 0.262 e. The van der Waals surface area contributed by atoms with Crippen LogP contribution >= 0.6 is 11.6 Å². The molecule has 0 atom stereocenters. The third kappa shape index (κ3) is 5.07. The molecule has 0 spiro atoms. The maximum atomic E-state index is 12.5. The first-order valence-corrected chi connectivity index (χ1v) is 10.3. The van der Waals surface area contributed by atoms with E-state index < -0.39 is 0 Å². The van der Waals surface area contributed by atoms with Gasteiger partial charge in [-0.05, 0) is 42.5 Å². The Labute approximate surface area is 195 Å². The molecule has 0 aliphatic carbocycles. The molecule has 1 aromatic heterocycles. The maximum Gasteiger partial charge on any atom is 0.262 e. The maximum absolute atomic E-state index is 12.5. The fourth-order valence-corrected chi connectivity index (χ4v) is 3.29. The first-order chi connectivity index (χ1) is 16.1. The van der Waals surface area contributed by atoms with Crippen LogP contribution < -0.4 is 19.5 Å². The third-order valence-corrected chi connectivity index (χ3v) is 5.01. The van der Waals surface area contributed by atoms with E-state index in [1.807, 2.05) is 6.07 Å². The van der Waals surface area contributed by atoms with Gasteiger partial charge < -0.3 is 24.1 Å². The van der Waals surface area contributed by atoms with Crippen molar-refractivity contribution < 1.29 is 23.5 Å². The van der Waals surface area contributed by atoms with E-state index >= 15 is 0 Å². The number of carbonyl (C=O) groups is 1. The standard InChI is InChI=1S/C24H20ClN3O5/c1-30-20-12-11-15(13-21(20)31-2)23-27-24(33-28-23)16-7-3-5-9-18(16)26-22(29)14-32-19-10-6-4-8-17(19)25/h3-13H,14H2,1-2H3,(H,26,29). The van der Waals surface area contributed by atoms with Gasteiger partial charge in [-0.1, -0.05) is 41.0 Å². The molecule has 9 heteroatoms. The molecular weight excluding hydrogens is 446 g/mol. The topological polar surface area (TPSA) is 95.7 Å². The average molecular weight is 466 g/mol.